The van der Waals surface area contributed by atoms with E-state index < -0.39 is 12.1 Å². The first-order chi connectivity index (χ1) is 18.8. The van der Waals surface area contributed by atoms with E-state index in [0.717, 1.165) is 51.8 Å². The molecule has 0 bridgehead atoms. The number of aromatic nitrogens is 2. The Labute approximate surface area is 227 Å². The first kappa shape index (κ1) is 24.1. The molecule has 4 aromatic rings. The summed E-state index contributed by atoms with van der Waals surface area (Å²) in [5.41, 5.74) is 6.57. The summed E-state index contributed by atoms with van der Waals surface area (Å²) in [6.07, 6.45) is 1.27. The molecule has 1 saturated heterocycles. The highest BCUT2D eigenvalue weighted by molar-refractivity contribution is 6.32. The van der Waals surface area contributed by atoms with Crippen LogP contribution in [0.15, 0.2) is 42.5 Å². The molecule has 39 heavy (non-hydrogen) atoms. The summed E-state index contributed by atoms with van der Waals surface area (Å²) in [5.74, 6) is 1.98. The van der Waals surface area contributed by atoms with Gasteiger partial charge in [-0.3, -0.25) is 4.79 Å². The number of likely N-dealkylation sites (tertiary alicyclic amines) is 1. The fourth-order valence-corrected chi connectivity index (χ4v) is 6.48. The number of methoxy groups -OCH3 is 1. The van der Waals surface area contributed by atoms with Crippen molar-refractivity contribution in [3.63, 3.8) is 0 Å². The molecule has 198 valence electrons. The number of ether oxygens (including phenoxy) is 2. The maximum atomic E-state index is 13.8. The van der Waals surface area contributed by atoms with Crippen LogP contribution in [0.3, 0.4) is 0 Å². The Bertz CT molecular complexity index is 1660. The van der Waals surface area contributed by atoms with Crippen LogP contribution in [-0.2, 0) is 16.1 Å². The Morgan fingerprint density at radius 3 is 2.79 bits per heavy atom. The van der Waals surface area contributed by atoms with Gasteiger partial charge in [-0.05, 0) is 59.4 Å². The van der Waals surface area contributed by atoms with Gasteiger partial charge in [0.25, 0.3) is 0 Å². The van der Waals surface area contributed by atoms with E-state index in [-0.39, 0.29) is 23.9 Å². The lowest BCUT2D eigenvalue weighted by Crippen LogP contribution is -2.52. The zero-order valence-corrected chi connectivity index (χ0v) is 22.6. The number of nitrogens with one attached hydrogen (secondary N) is 2. The Balaban J connectivity index is 1.26. The van der Waals surface area contributed by atoms with E-state index in [0.29, 0.717) is 12.5 Å². The second-order valence-corrected chi connectivity index (χ2v) is 11.5. The van der Waals surface area contributed by atoms with Crippen LogP contribution in [-0.4, -0.2) is 53.9 Å². The van der Waals surface area contributed by atoms with Gasteiger partial charge in [-0.25, -0.2) is 9.78 Å². The van der Waals surface area contributed by atoms with Crippen molar-refractivity contribution in [2.24, 2.45) is 11.8 Å². The molecule has 2 amide bonds. The highest BCUT2D eigenvalue weighted by atomic mass is 16.5. The van der Waals surface area contributed by atoms with Gasteiger partial charge >= 0.3 is 6.09 Å². The van der Waals surface area contributed by atoms with Gasteiger partial charge in [0, 0.05) is 17.0 Å². The molecule has 1 saturated carbocycles. The van der Waals surface area contributed by atoms with Gasteiger partial charge in [0.2, 0.25) is 5.91 Å². The lowest BCUT2D eigenvalue weighted by Gasteiger charge is -2.31. The predicted octanol–water partition coefficient (Wildman–Crippen LogP) is 3.58. The third-order valence-corrected chi connectivity index (χ3v) is 8.59. The molecule has 2 aliphatic heterocycles. The van der Waals surface area contributed by atoms with E-state index in [4.69, 9.17) is 14.5 Å². The molecule has 7 rings (SSSR count). The summed E-state index contributed by atoms with van der Waals surface area (Å²) in [6.45, 7) is 4.42. The number of aromatic amines is 1. The van der Waals surface area contributed by atoms with E-state index in [1.54, 1.807) is 0 Å². The number of rotatable bonds is 4. The van der Waals surface area contributed by atoms with Crippen LogP contribution >= 0.6 is 0 Å². The smallest absolute Gasteiger partial charge is 0.407 e. The fourth-order valence-electron chi connectivity index (χ4n) is 6.48. The van der Waals surface area contributed by atoms with Gasteiger partial charge in [-0.15, -0.1) is 0 Å². The van der Waals surface area contributed by atoms with Crippen LogP contribution in [0.5, 0.6) is 5.75 Å². The molecule has 3 aromatic carbocycles. The van der Waals surface area contributed by atoms with Crippen LogP contribution in [0.2, 0.25) is 0 Å². The molecule has 8 nitrogen and oxygen atoms in total. The number of carbonyl (C=O) groups is 2. The number of amides is 2. The molecular weight excluding hydrogens is 491 g/mol. The van der Waals surface area contributed by atoms with Crippen molar-refractivity contribution in [2.75, 3.05) is 7.11 Å². The Morgan fingerprint density at radius 2 is 2.00 bits per heavy atom. The van der Waals surface area contributed by atoms with Crippen molar-refractivity contribution in [3.05, 3.63) is 53.9 Å². The minimum Gasteiger partial charge on any atom is -0.488 e. The fraction of sp³-hybridized carbons (Fsp3) is 0.367. The third kappa shape index (κ3) is 3.86. The average molecular weight is 522 g/mol. The van der Waals surface area contributed by atoms with Crippen molar-refractivity contribution in [1.82, 2.24) is 20.2 Å². The molecule has 0 spiro atoms. The van der Waals surface area contributed by atoms with Crippen LogP contribution < -0.4 is 15.5 Å². The molecule has 2 unspecified atom stereocenters. The first-order valence-corrected chi connectivity index (χ1v) is 13.7. The lowest BCUT2D eigenvalue weighted by atomic mass is 9.88. The average Bonchev–Trinajstić information content (AvgIpc) is 3.37. The van der Waals surface area contributed by atoms with Crippen LogP contribution in [0.4, 0.5) is 4.79 Å². The molecule has 3 heterocycles. The third-order valence-electron chi connectivity index (χ3n) is 8.59. The summed E-state index contributed by atoms with van der Waals surface area (Å²) in [4.78, 5) is 36.3. The molecule has 0 radical (unpaired) electrons. The van der Waals surface area contributed by atoms with E-state index in [9.17, 15) is 9.59 Å². The Kier molecular flexibility index (Phi) is 5.41. The van der Waals surface area contributed by atoms with E-state index in [2.05, 4.69) is 54.5 Å². The van der Waals surface area contributed by atoms with Crippen molar-refractivity contribution in [3.8, 4) is 16.9 Å². The van der Waals surface area contributed by atoms with E-state index in [1.807, 2.05) is 24.8 Å². The number of fused-ring (bicyclic) bond motifs is 7. The molecule has 4 atom stereocenters. The quantitative estimate of drug-likeness (QED) is 0.400. The number of piperidine rings is 1. The SMILES string of the molecule is Bc1ccc2c(c1)COc1cc3c(ccc4nc(C5CC6C[C@H]6N5C(=O)[C@@H](NC(=O)OC)C(C)C)[nH]c43)cc1-2. The number of H-pyrrole nitrogens is 1. The van der Waals surface area contributed by atoms with Crippen molar-refractivity contribution in [1.29, 1.82) is 0 Å². The number of carbonyl (C=O) groups excluding carboxylic acids is 2. The normalized spacial score (nSPS) is 21.7. The summed E-state index contributed by atoms with van der Waals surface area (Å²) < 4.78 is 11.0. The van der Waals surface area contributed by atoms with Crippen molar-refractivity contribution < 1.29 is 19.1 Å². The Hall–Kier alpha value is -4.01. The second kappa shape index (κ2) is 8.76. The van der Waals surface area contributed by atoms with Gasteiger partial charge in [0.05, 0.1) is 24.2 Å². The topological polar surface area (TPSA) is 96.6 Å². The maximum Gasteiger partial charge on any atom is 0.407 e. The maximum absolute atomic E-state index is 13.8. The minimum absolute atomic E-state index is 0.0742. The first-order valence-electron chi connectivity index (χ1n) is 13.7. The summed E-state index contributed by atoms with van der Waals surface area (Å²) in [5, 5.41) is 4.91. The molecular formula is C30H31BN4O4. The standard InChI is InChI=1S/C30H31BN4O4/c1-14(2)26(34-30(37)38-3)29(36)35-23-10-16(23)11-24(35)28-32-22-7-4-15-9-21-19-6-5-18(31)8-17(19)13-39-25(21)12-20(15)27(22)33-28/h4-9,12,14,16,23-24,26H,10-11,13,31H2,1-3H3,(H,32,33)(H,34,37)/t16?,23-,24?,26+/m1/s1. The van der Waals surface area contributed by atoms with Crippen LogP contribution in [0.25, 0.3) is 32.9 Å². The zero-order valence-electron chi connectivity index (χ0n) is 22.6. The van der Waals surface area contributed by atoms with Crippen LogP contribution in [0.1, 0.15) is 44.1 Å². The number of hydrogen-bond acceptors (Lipinski definition) is 5. The molecule has 2 N–H and O–H groups in total. The van der Waals surface area contributed by atoms with E-state index >= 15 is 0 Å². The molecule has 3 aliphatic rings. The number of benzene rings is 3. The number of imidazole rings is 1. The monoisotopic (exact) mass is 522 g/mol. The van der Waals surface area contributed by atoms with Gasteiger partial charge < -0.3 is 24.7 Å². The Morgan fingerprint density at radius 1 is 1.15 bits per heavy atom. The molecule has 1 aliphatic carbocycles. The highest BCUT2D eigenvalue weighted by Gasteiger charge is 2.56. The lowest BCUT2D eigenvalue weighted by molar-refractivity contribution is -0.136. The zero-order chi connectivity index (χ0) is 27.0. The largest absolute Gasteiger partial charge is 0.488 e. The van der Waals surface area contributed by atoms with Gasteiger partial charge in [0.15, 0.2) is 0 Å². The van der Waals surface area contributed by atoms with Crippen LogP contribution in [0, 0.1) is 11.8 Å². The van der Waals surface area contributed by atoms with Gasteiger partial charge in [-0.1, -0.05) is 43.6 Å². The second-order valence-electron chi connectivity index (χ2n) is 11.5. The van der Waals surface area contributed by atoms with E-state index in [1.165, 1.54) is 23.7 Å². The summed E-state index contributed by atoms with van der Waals surface area (Å²) in [6, 6.07) is 14.4. The number of alkyl carbamates (subject to hydrolysis) is 1. The van der Waals surface area contributed by atoms with Gasteiger partial charge in [-0.2, -0.15) is 0 Å². The predicted molar refractivity (Wildman–Crippen MR) is 152 cm³/mol. The minimum atomic E-state index is -0.653. The summed E-state index contributed by atoms with van der Waals surface area (Å²) >= 11 is 0. The number of nitrogens with zero attached hydrogens (tertiary/aromatic N) is 2. The molecule has 1 aromatic heterocycles. The number of hydrogen-bond donors (Lipinski definition) is 2. The van der Waals surface area contributed by atoms with Gasteiger partial charge in [0.1, 0.15) is 32.1 Å². The van der Waals surface area contributed by atoms with Crippen molar-refractivity contribution in [2.45, 2.75) is 51.4 Å². The molecule has 9 heteroatoms. The molecule has 2 fully saturated rings. The highest BCUT2D eigenvalue weighted by Crippen LogP contribution is 2.53. The summed E-state index contributed by atoms with van der Waals surface area (Å²) in [7, 11) is 3.41. The van der Waals surface area contributed by atoms with Crippen molar-refractivity contribution >= 4 is 47.1 Å².